The summed E-state index contributed by atoms with van der Waals surface area (Å²) in [6.45, 7) is 6.42. The number of benzene rings is 2. The number of aromatic hydroxyl groups is 2. The first-order chi connectivity index (χ1) is 13.5. The van der Waals surface area contributed by atoms with Gasteiger partial charge in [-0.3, -0.25) is 10.3 Å². The van der Waals surface area contributed by atoms with Gasteiger partial charge in [0.25, 0.3) is 0 Å². The second kappa shape index (κ2) is 7.57. The van der Waals surface area contributed by atoms with Gasteiger partial charge in [-0.15, -0.1) is 0 Å². The van der Waals surface area contributed by atoms with Crippen LogP contribution in [0.25, 0.3) is 0 Å². The third-order valence-corrected chi connectivity index (χ3v) is 6.07. The number of piperidine rings is 1. The number of para-hydroxylation sites is 2. The van der Waals surface area contributed by atoms with E-state index in [9.17, 15) is 10.2 Å². The average molecular weight is 380 g/mol. The number of phenolic OH excluding ortho intramolecular Hbond substituents is 2. The topological polar surface area (TPSA) is 68.1 Å². The number of hydrogen-bond acceptors (Lipinski definition) is 5. The maximum atomic E-state index is 10.4. The van der Waals surface area contributed by atoms with E-state index >= 15 is 0 Å². The number of likely N-dealkylation sites (tertiary alicyclic amines) is 1. The van der Waals surface area contributed by atoms with E-state index < -0.39 is 0 Å². The summed E-state index contributed by atoms with van der Waals surface area (Å²) < 4.78 is 0. The fourth-order valence-electron chi connectivity index (χ4n) is 4.43. The first-order valence-corrected chi connectivity index (χ1v) is 10.1. The Balaban J connectivity index is 1.72. The lowest BCUT2D eigenvalue weighted by atomic mass is 9.87. The van der Waals surface area contributed by atoms with E-state index in [1.54, 1.807) is 12.1 Å². The molecule has 0 aromatic heterocycles. The molecule has 1 fully saturated rings. The summed E-state index contributed by atoms with van der Waals surface area (Å²) in [6.07, 6.45) is 2.45. The van der Waals surface area contributed by atoms with E-state index in [0.29, 0.717) is 18.2 Å². The Morgan fingerprint density at radius 3 is 2.29 bits per heavy atom. The molecule has 2 aromatic rings. The van der Waals surface area contributed by atoms with Gasteiger partial charge in [0.05, 0.1) is 0 Å². The zero-order valence-electron chi connectivity index (χ0n) is 16.6. The maximum Gasteiger partial charge on any atom is 0.124 e. The summed E-state index contributed by atoms with van der Waals surface area (Å²) in [5, 5.41) is 24.6. The van der Waals surface area contributed by atoms with Crippen molar-refractivity contribution in [3.05, 3.63) is 59.7 Å². The van der Waals surface area contributed by atoms with Gasteiger partial charge >= 0.3 is 0 Å². The minimum absolute atomic E-state index is 0.0427. The molecule has 0 aliphatic carbocycles. The highest BCUT2D eigenvalue weighted by Gasteiger charge is 2.41. The number of aliphatic imine (C=N–C) groups is 1. The number of rotatable bonds is 3. The van der Waals surface area contributed by atoms with Crippen LogP contribution >= 0.6 is 0 Å². The van der Waals surface area contributed by atoms with Crippen LogP contribution in [-0.2, 0) is 0 Å². The van der Waals surface area contributed by atoms with E-state index in [1.807, 2.05) is 36.4 Å². The first-order valence-electron chi connectivity index (χ1n) is 10.1. The van der Waals surface area contributed by atoms with Crippen LogP contribution in [0.2, 0.25) is 0 Å². The third-order valence-electron chi connectivity index (χ3n) is 6.07. The molecule has 0 saturated carbocycles. The van der Waals surface area contributed by atoms with Gasteiger partial charge in [0.2, 0.25) is 0 Å². The Kier molecular flexibility index (Phi) is 5.13. The molecule has 1 saturated heterocycles. The predicted molar refractivity (Wildman–Crippen MR) is 112 cm³/mol. The van der Waals surface area contributed by atoms with Crippen LogP contribution in [0.5, 0.6) is 11.5 Å². The molecule has 0 bridgehead atoms. The lowest BCUT2D eigenvalue weighted by molar-refractivity contribution is 0.103. The molecule has 5 nitrogen and oxygen atoms in total. The van der Waals surface area contributed by atoms with Crippen LogP contribution in [0.4, 0.5) is 0 Å². The molecule has 1 atom stereocenters. The quantitative estimate of drug-likeness (QED) is 0.758. The van der Waals surface area contributed by atoms with E-state index in [-0.39, 0.29) is 17.5 Å². The molecule has 5 heteroatoms. The van der Waals surface area contributed by atoms with Crippen molar-refractivity contribution in [3.63, 3.8) is 0 Å². The van der Waals surface area contributed by atoms with Gasteiger partial charge in [-0.2, -0.15) is 0 Å². The Bertz CT molecular complexity index is 870. The lowest BCUT2D eigenvalue weighted by Gasteiger charge is -2.46. The van der Waals surface area contributed by atoms with Crippen LogP contribution in [0.1, 0.15) is 50.3 Å². The molecular formula is C23H29N3O2. The van der Waals surface area contributed by atoms with Crippen LogP contribution in [0, 0.1) is 0 Å². The zero-order chi connectivity index (χ0) is 19.7. The summed E-state index contributed by atoms with van der Waals surface area (Å²) in [4.78, 5) is 7.62. The largest absolute Gasteiger partial charge is 0.508 e. The van der Waals surface area contributed by atoms with Gasteiger partial charge < -0.3 is 15.1 Å². The van der Waals surface area contributed by atoms with Crippen LogP contribution in [-0.4, -0.2) is 45.6 Å². The van der Waals surface area contributed by atoms with Gasteiger partial charge in [0, 0.05) is 48.4 Å². The molecule has 2 heterocycles. The van der Waals surface area contributed by atoms with Crippen molar-refractivity contribution in [1.29, 1.82) is 0 Å². The summed E-state index contributed by atoms with van der Waals surface area (Å²) in [5.41, 5.74) is 2.21. The Hall–Kier alpha value is -2.37. The van der Waals surface area contributed by atoms with Crippen molar-refractivity contribution >= 4 is 5.71 Å². The molecule has 2 aromatic carbocycles. The average Bonchev–Trinajstić information content (AvgIpc) is 2.68. The number of nitrogens with one attached hydrogen (secondary N) is 1. The van der Waals surface area contributed by atoms with Gasteiger partial charge in [0.1, 0.15) is 17.2 Å². The first kappa shape index (κ1) is 19.0. The van der Waals surface area contributed by atoms with Crippen molar-refractivity contribution in [1.82, 2.24) is 10.2 Å². The SMILES string of the molecule is CC(C)N1CCC2(CC1)N=C(c1ccccc1O)C[C@@H](c1ccccc1O)N2. The van der Waals surface area contributed by atoms with Gasteiger partial charge in [-0.1, -0.05) is 30.3 Å². The summed E-state index contributed by atoms with van der Waals surface area (Å²) in [7, 11) is 0. The van der Waals surface area contributed by atoms with E-state index in [2.05, 4.69) is 24.1 Å². The van der Waals surface area contributed by atoms with Crippen molar-refractivity contribution in [2.45, 2.75) is 50.9 Å². The standard InChI is InChI=1S/C23H29N3O2/c1-16(2)26-13-11-23(12-14-26)24-19(17-7-3-5-9-21(17)27)15-20(25-23)18-8-4-6-10-22(18)28/h3-10,16,19,24,27-28H,11-15H2,1-2H3/t19-/m0/s1. The molecule has 2 aliphatic rings. The summed E-state index contributed by atoms with van der Waals surface area (Å²) in [6, 6.07) is 15.4. The van der Waals surface area contributed by atoms with E-state index in [1.165, 1.54) is 0 Å². The van der Waals surface area contributed by atoms with Gasteiger partial charge in [-0.25, -0.2) is 0 Å². The fourth-order valence-corrected chi connectivity index (χ4v) is 4.43. The smallest absolute Gasteiger partial charge is 0.124 e. The molecule has 28 heavy (non-hydrogen) atoms. The maximum absolute atomic E-state index is 10.4. The molecular weight excluding hydrogens is 350 g/mol. The Morgan fingerprint density at radius 1 is 1.00 bits per heavy atom. The second-order valence-corrected chi connectivity index (χ2v) is 8.20. The van der Waals surface area contributed by atoms with E-state index in [0.717, 1.165) is 42.8 Å². The molecule has 0 amide bonds. The van der Waals surface area contributed by atoms with Crippen molar-refractivity contribution < 1.29 is 10.2 Å². The molecule has 3 N–H and O–H groups in total. The predicted octanol–water partition coefficient (Wildman–Crippen LogP) is 3.82. The molecule has 4 rings (SSSR count). The lowest BCUT2D eigenvalue weighted by Crippen LogP contribution is -2.56. The van der Waals surface area contributed by atoms with Crippen LogP contribution < -0.4 is 5.32 Å². The number of phenols is 2. The minimum Gasteiger partial charge on any atom is -0.508 e. The molecule has 1 spiro atoms. The fraction of sp³-hybridized carbons (Fsp3) is 0.435. The van der Waals surface area contributed by atoms with Crippen molar-refractivity contribution in [3.8, 4) is 11.5 Å². The number of hydrogen-bond donors (Lipinski definition) is 3. The summed E-state index contributed by atoms with van der Waals surface area (Å²) in [5.74, 6) is 0.558. The Labute approximate surface area is 166 Å². The van der Waals surface area contributed by atoms with Crippen molar-refractivity contribution in [2.75, 3.05) is 13.1 Å². The molecule has 2 aliphatic heterocycles. The minimum atomic E-state index is -0.367. The highest BCUT2D eigenvalue weighted by molar-refractivity contribution is 6.03. The highest BCUT2D eigenvalue weighted by atomic mass is 16.3. The van der Waals surface area contributed by atoms with Gasteiger partial charge in [0.15, 0.2) is 0 Å². The van der Waals surface area contributed by atoms with Crippen LogP contribution in [0.3, 0.4) is 0 Å². The Morgan fingerprint density at radius 2 is 1.64 bits per heavy atom. The molecule has 0 radical (unpaired) electrons. The molecule has 148 valence electrons. The highest BCUT2D eigenvalue weighted by Crippen LogP contribution is 2.38. The molecule has 0 unspecified atom stereocenters. The zero-order valence-corrected chi connectivity index (χ0v) is 16.6. The van der Waals surface area contributed by atoms with Gasteiger partial charge in [-0.05, 0) is 44.9 Å². The third kappa shape index (κ3) is 3.64. The second-order valence-electron chi connectivity index (χ2n) is 8.20. The monoisotopic (exact) mass is 379 g/mol. The number of nitrogens with zero attached hydrogens (tertiary/aromatic N) is 2. The normalized spacial score (nSPS) is 22.4. The van der Waals surface area contributed by atoms with E-state index in [4.69, 9.17) is 4.99 Å². The van der Waals surface area contributed by atoms with Crippen LogP contribution in [0.15, 0.2) is 53.5 Å². The summed E-state index contributed by atoms with van der Waals surface area (Å²) >= 11 is 0. The van der Waals surface area contributed by atoms with Crippen molar-refractivity contribution in [2.24, 2.45) is 4.99 Å².